The Balaban J connectivity index is 3.15. The largest absolute Gasteiger partial charge is 0.496 e. The number of methoxy groups -OCH3 is 3. The molecule has 18 heavy (non-hydrogen) atoms. The minimum Gasteiger partial charge on any atom is -0.496 e. The van der Waals surface area contributed by atoms with E-state index in [1.807, 2.05) is 0 Å². The molecule has 1 aromatic carbocycles. The average Bonchev–Trinajstić information content (AvgIpc) is 2.39. The van der Waals surface area contributed by atoms with Crippen LogP contribution in [0.4, 0.5) is 5.69 Å². The standard InChI is InChI=1S/C12H14N2O4/c1-16-8-6-9(17-2)12(10(7-8)18-3)14-11(15)4-5-13/h6-7H,4H2,1-3H3,(H,14,15). The first-order chi connectivity index (χ1) is 8.65. The molecule has 0 aromatic heterocycles. The van der Waals surface area contributed by atoms with Crippen molar-refractivity contribution in [3.8, 4) is 23.3 Å². The molecule has 0 aliphatic rings. The van der Waals surface area contributed by atoms with Crippen molar-refractivity contribution in [1.29, 1.82) is 5.26 Å². The van der Waals surface area contributed by atoms with E-state index in [2.05, 4.69) is 5.32 Å². The number of hydrogen-bond acceptors (Lipinski definition) is 5. The van der Waals surface area contributed by atoms with Gasteiger partial charge in [0.15, 0.2) is 0 Å². The van der Waals surface area contributed by atoms with Crippen LogP contribution in [0, 0.1) is 11.3 Å². The van der Waals surface area contributed by atoms with Crippen LogP contribution in [-0.2, 0) is 4.79 Å². The second-order valence-electron chi connectivity index (χ2n) is 3.29. The molecule has 96 valence electrons. The zero-order chi connectivity index (χ0) is 13.5. The van der Waals surface area contributed by atoms with Gasteiger partial charge in [0.05, 0.1) is 27.4 Å². The number of hydrogen-bond donors (Lipinski definition) is 1. The van der Waals surface area contributed by atoms with Gasteiger partial charge in [-0.25, -0.2) is 0 Å². The summed E-state index contributed by atoms with van der Waals surface area (Å²) in [5.74, 6) is 0.913. The molecule has 0 fully saturated rings. The fraction of sp³-hybridized carbons (Fsp3) is 0.333. The van der Waals surface area contributed by atoms with Crippen LogP contribution >= 0.6 is 0 Å². The molecule has 1 N–H and O–H groups in total. The molecule has 1 amide bonds. The molecular weight excluding hydrogens is 236 g/mol. The lowest BCUT2D eigenvalue weighted by atomic mass is 10.2. The Hall–Kier alpha value is -2.42. The molecule has 0 spiro atoms. The highest BCUT2D eigenvalue weighted by molar-refractivity contribution is 5.95. The summed E-state index contributed by atoms with van der Waals surface area (Å²) in [7, 11) is 4.45. The Labute approximate surface area is 105 Å². The fourth-order valence-corrected chi connectivity index (χ4v) is 1.38. The number of nitriles is 1. The van der Waals surface area contributed by atoms with Gasteiger partial charge in [-0.3, -0.25) is 4.79 Å². The van der Waals surface area contributed by atoms with E-state index in [4.69, 9.17) is 19.5 Å². The van der Waals surface area contributed by atoms with Gasteiger partial charge in [-0.2, -0.15) is 5.26 Å². The summed E-state index contributed by atoms with van der Waals surface area (Å²) in [4.78, 5) is 11.4. The zero-order valence-corrected chi connectivity index (χ0v) is 10.4. The summed E-state index contributed by atoms with van der Waals surface area (Å²) >= 11 is 0. The fourth-order valence-electron chi connectivity index (χ4n) is 1.38. The van der Waals surface area contributed by atoms with Gasteiger partial charge < -0.3 is 19.5 Å². The predicted octanol–water partition coefficient (Wildman–Crippen LogP) is 1.56. The molecule has 0 aliphatic heterocycles. The lowest BCUT2D eigenvalue weighted by Crippen LogP contribution is -2.12. The Kier molecular flexibility index (Phi) is 4.81. The van der Waals surface area contributed by atoms with E-state index in [1.165, 1.54) is 21.3 Å². The van der Waals surface area contributed by atoms with Gasteiger partial charge in [0.2, 0.25) is 5.91 Å². The van der Waals surface area contributed by atoms with Crippen LogP contribution in [0.15, 0.2) is 12.1 Å². The van der Waals surface area contributed by atoms with Crippen LogP contribution in [-0.4, -0.2) is 27.2 Å². The highest BCUT2D eigenvalue weighted by Crippen LogP contribution is 2.38. The molecule has 0 unspecified atom stereocenters. The number of rotatable bonds is 5. The molecule has 0 saturated carbocycles. The number of carbonyl (C=O) groups is 1. The predicted molar refractivity (Wildman–Crippen MR) is 65.0 cm³/mol. The van der Waals surface area contributed by atoms with Crippen LogP contribution in [0.2, 0.25) is 0 Å². The molecule has 0 atom stereocenters. The quantitative estimate of drug-likeness (QED) is 0.857. The summed E-state index contributed by atoms with van der Waals surface area (Å²) in [6.07, 6.45) is -0.238. The molecule has 6 heteroatoms. The number of carbonyl (C=O) groups excluding carboxylic acids is 1. The SMILES string of the molecule is COc1cc(OC)c(NC(=O)CC#N)c(OC)c1. The van der Waals surface area contributed by atoms with Crippen LogP contribution in [0.25, 0.3) is 0 Å². The van der Waals surface area contributed by atoms with E-state index in [9.17, 15) is 4.79 Å². The Morgan fingerprint density at radius 2 is 1.78 bits per heavy atom. The van der Waals surface area contributed by atoms with Gasteiger partial charge in [-0.15, -0.1) is 0 Å². The van der Waals surface area contributed by atoms with Gasteiger partial charge in [0.25, 0.3) is 0 Å². The second kappa shape index (κ2) is 6.35. The minimum atomic E-state index is -0.431. The van der Waals surface area contributed by atoms with E-state index < -0.39 is 5.91 Å². The highest BCUT2D eigenvalue weighted by atomic mass is 16.5. The molecule has 0 bridgehead atoms. The van der Waals surface area contributed by atoms with Crippen LogP contribution < -0.4 is 19.5 Å². The third-order valence-corrected chi connectivity index (χ3v) is 2.22. The first kappa shape index (κ1) is 13.6. The van der Waals surface area contributed by atoms with Crippen molar-refractivity contribution in [3.05, 3.63) is 12.1 Å². The lowest BCUT2D eigenvalue weighted by Gasteiger charge is -2.15. The summed E-state index contributed by atoms with van der Waals surface area (Å²) < 4.78 is 15.4. The first-order valence-corrected chi connectivity index (χ1v) is 5.13. The number of benzene rings is 1. The van der Waals surface area contributed by atoms with E-state index >= 15 is 0 Å². The number of nitrogens with one attached hydrogen (secondary N) is 1. The minimum absolute atomic E-state index is 0.238. The van der Waals surface area contributed by atoms with Crippen LogP contribution in [0.3, 0.4) is 0 Å². The second-order valence-corrected chi connectivity index (χ2v) is 3.29. The first-order valence-electron chi connectivity index (χ1n) is 5.13. The van der Waals surface area contributed by atoms with Crippen molar-refractivity contribution in [2.24, 2.45) is 0 Å². The van der Waals surface area contributed by atoms with Gasteiger partial charge in [0.1, 0.15) is 29.4 Å². The maximum atomic E-state index is 11.4. The normalized spacial score (nSPS) is 9.22. The Morgan fingerprint density at radius 3 is 2.17 bits per heavy atom. The molecule has 1 rings (SSSR count). The Bertz CT molecular complexity index is 454. The number of anilines is 1. The molecule has 0 aliphatic carbocycles. The molecule has 6 nitrogen and oxygen atoms in total. The van der Waals surface area contributed by atoms with Crippen LogP contribution in [0.5, 0.6) is 17.2 Å². The summed E-state index contributed by atoms with van der Waals surface area (Å²) in [6, 6.07) is 5.00. The maximum Gasteiger partial charge on any atom is 0.238 e. The topological polar surface area (TPSA) is 80.6 Å². The molecule has 0 radical (unpaired) electrons. The molecule has 0 saturated heterocycles. The van der Waals surface area contributed by atoms with E-state index in [1.54, 1.807) is 18.2 Å². The lowest BCUT2D eigenvalue weighted by molar-refractivity contribution is -0.115. The zero-order valence-electron chi connectivity index (χ0n) is 10.4. The van der Waals surface area contributed by atoms with Gasteiger partial charge in [-0.1, -0.05) is 0 Å². The maximum absolute atomic E-state index is 11.4. The van der Waals surface area contributed by atoms with Crippen molar-refractivity contribution < 1.29 is 19.0 Å². The number of amides is 1. The van der Waals surface area contributed by atoms with E-state index in [0.717, 1.165) is 0 Å². The van der Waals surface area contributed by atoms with E-state index in [-0.39, 0.29) is 6.42 Å². The summed E-state index contributed by atoms with van der Waals surface area (Å²) in [6.45, 7) is 0. The van der Waals surface area contributed by atoms with Gasteiger partial charge >= 0.3 is 0 Å². The smallest absolute Gasteiger partial charge is 0.238 e. The van der Waals surface area contributed by atoms with Crippen molar-refractivity contribution >= 4 is 11.6 Å². The average molecular weight is 250 g/mol. The van der Waals surface area contributed by atoms with Crippen molar-refractivity contribution in [2.75, 3.05) is 26.6 Å². The molecular formula is C12H14N2O4. The van der Waals surface area contributed by atoms with Gasteiger partial charge in [-0.05, 0) is 0 Å². The summed E-state index contributed by atoms with van der Waals surface area (Å²) in [5.41, 5.74) is 0.376. The van der Waals surface area contributed by atoms with Gasteiger partial charge in [0, 0.05) is 12.1 Å². The monoisotopic (exact) mass is 250 g/mol. The summed E-state index contributed by atoms with van der Waals surface area (Å²) in [5, 5.41) is 11.0. The highest BCUT2D eigenvalue weighted by Gasteiger charge is 2.15. The van der Waals surface area contributed by atoms with Crippen molar-refractivity contribution in [1.82, 2.24) is 0 Å². The third kappa shape index (κ3) is 3.04. The van der Waals surface area contributed by atoms with Crippen LogP contribution in [0.1, 0.15) is 6.42 Å². The van der Waals surface area contributed by atoms with Crippen molar-refractivity contribution in [2.45, 2.75) is 6.42 Å². The molecule has 0 heterocycles. The number of ether oxygens (including phenoxy) is 3. The Morgan fingerprint density at radius 1 is 1.22 bits per heavy atom. The van der Waals surface area contributed by atoms with Crippen molar-refractivity contribution in [3.63, 3.8) is 0 Å². The van der Waals surface area contributed by atoms with E-state index in [0.29, 0.717) is 22.9 Å². The third-order valence-electron chi connectivity index (χ3n) is 2.22. The molecule has 1 aromatic rings. The number of nitrogens with zero attached hydrogens (tertiary/aromatic N) is 1.